The van der Waals surface area contributed by atoms with Gasteiger partial charge in [0, 0.05) is 41.4 Å². The Labute approximate surface area is 202 Å². The number of rotatable bonds is 5. The first-order valence-electron chi connectivity index (χ1n) is 11.0. The molecule has 2 atom stereocenters. The number of carboxylic acid groups (broad SMARTS) is 1. The predicted molar refractivity (Wildman–Crippen MR) is 127 cm³/mol. The first-order valence-corrected chi connectivity index (χ1v) is 11.4. The van der Waals surface area contributed by atoms with Crippen LogP contribution in [-0.2, 0) is 14.4 Å². The summed E-state index contributed by atoms with van der Waals surface area (Å²) >= 11 is 6.40. The van der Waals surface area contributed by atoms with E-state index in [2.05, 4.69) is 0 Å². The summed E-state index contributed by atoms with van der Waals surface area (Å²) in [5, 5.41) is 9.83. The van der Waals surface area contributed by atoms with Gasteiger partial charge in [-0.15, -0.1) is 0 Å². The number of carboxylic acids is 1. The summed E-state index contributed by atoms with van der Waals surface area (Å²) in [4.78, 5) is 37.2. The number of hydrogen-bond acceptors (Lipinski definition) is 5. The third-order valence-electron chi connectivity index (χ3n) is 6.06. The van der Waals surface area contributed by atoms with Crippen molar-refractivity contribution in [3.8, 4) is 11.5 Å². The Morgan fingerprint density at radius 1 is 1.26 bits per heavy atom. The van der Waals surface area contributed by atoms with Gasteiger partial charge < -0.3 is 19.5 Å². The molecule has 7 nitrogen and oxygen atoms in total. The molecule has 2 aromatic rings. The van der Waals surface area contributed by atoms with Gasteiger partial charge in [-0.1, -0.05) is 29.8 Å². The molecule has 0 unspecified atom stereocenters. The van der Waals surface area contributed by atoms with Crippen molar-refractivity contribution in [3.05, 3.63) is 69.9 Å². The highest BCUT2D eigenvalue weighted by molar-refractivity contribution is 6.32. The molecular formula is C26H24ClNO6. The molecule has 0 aromatic heterocycles. The molecule has 0 radical (unpaired) electrons. The van der Waals surface area contributed by atoms with Gasteiger partial charge in [-0.05, 0) is 50.0 Å². The lowest BCUT2D eigenvalue weighted by Crippen LogP contribution is -2.47. The largest absolute Gasteiger partial charge is 0.481 e. The van der Waals surface area contributed by atoms with Gasteiger partial charge in [-0.2, -0.15) is 0 Å². The molecule has 0 bridgehead atoms. The Balaban J connectivity index is 1.60. The number of aryl methyl sites for hydroxylation is 1. The molecular weight excluding hydrogens is 458 g/mol. The van der Waals surface area contributed by atoms with Crippen LogP contribution in [0.25, 0.3) is 5.57 Å². The zero-order chi connectivity index (χ0) is 24.4. The van der Waals surface area contributed by atoms with Crippen molar-refractivity contribution in [2.75, 3.05) is 13.1 Å². The number of halogens is 1. The molecule has 1 amide bonds. The van der Waals surface area contributed by atoms with E-state index in [0.717, 1.165) is 22.3 Å². The summed E-state index contributed by atoms with van der Waals surface area (Å²) in [6.45, 7) is 4.16. The number of amides is 1. The summed E-state index contributed by atoms with van der Waals surface area (Å²) in [6.07, 6.45) is 1.97. The average Bonchev–Trinajstić information content (AvgIpc) is 2.84. The highest BCUT2D eigenvalue weighted by atomic mass is 35.5. The van der Waals surface area contributed by atoms with Crippen LogP contribution in [0.5, 0.6) is 11.5 Å². The molecule has 1 saturated heterocycles. The summed E-state index contributed by atoms with van der Waals surface area (Å²) < 4.78 is 11.7. The molecule has 4 rings (SSSR count). The van der Waals surface area contributed by atoms with Crippen LogP contribution < -0.4 is 9.47 Å². The maximum absolute atomic E-state index is 12.9. The van der Waals surface area contributed by atoms with E-state index >= 15 is 0 Å². The van der Waals surface area contributed by atoms with Crippen molar-refractivity contribution in [2.45, 2.75) is 32.8 Å². The Morgan fingerprint density at radius 3 is 2.74 bits per heavy atom. The number of piperidine rings is 1. The zero-order valence-electron chi connectivity index (χ0n) is 18.8. The van der Waals surface area contributed by atoms with Gasteiger partial charge in [0.15, 0.2) is 12.0 Å². The lowest BCUT2D eigenvalue weighted by molar-refractivity contribution is -0.147. The number of fused-ring (bicyclic) bond motifs is 1. The number of benzene rings is 2. The summed E-state index contributed by atoms with van der Waals surface area (Å²) in [6, 6.07) is 10.8. The molecule has 0 saturated carbocycles. The molecule has 2 heterocycles. The van der Waals surface area contributed by atoms with Gasteiger partial charge in [0.1, 0.15) is 11.5 Å². The van der Waals surface area contributed by atoms with Crippen molar-refractivity contribution in [1.29, 1.82) is 0 Å². The maximum Gasteiger partial charge on any atom is 0.308 e. The van der Waals surface area contributed by atoms with Crippen LogP contribution in [0.15, 0.2) is 48.2 Å². The lowest BCUT2D eigenvalue weighted by Gasteiger charge is -2.32. The molecule has 2 aliphatic rings. The van der Waals surface area contributed by atoms with E-state index in [9.17, 15) is 19.5 Å². The number of carbonyl (C=O) groups excluding carboxylic acids is 2. The van der Waals surface area contributed by atoms with E-state index in [4.69, 9.17) is 21.1 Å². The van der Waals surface area contributed by atoms with Gasteiger partial charge >= 0.3 is 5.97 Å². The molecule has 2 aliphatic heterocycles. The normalized spacial score (nSPS) is 18.2. The fourth-order valence-corrected chi connectivity index (χ4v) is 4.52. The van der Waals surface area contributed by atoms with E-state index < -0.39 is 18.0 Å². The van der Waals surface area contributed by atoms with Crippen LogP contribution >= 0.6 is 11.6 Å². The topological polar surface area (TPSA) is 93.1 Å². The molecule has 1 fully saturated rings. The van der Waals surface area contributed by atoms with E-state index in [-0.39, 0.29) is 18.2 Å². The van der Waals surface area contributed by atoms with Crippen molar-refractivity contribution in [1.82, 2.24) is 4.90 Å². The number of carbonyl (C=O) groups is 2. The average molecular weight is 482 g/mol. The number of likely N-dealkylation sites (tertiary alicyclic amines) is 1. The summed E-state index contributed by atoms with van der Waals surface area (Å²) in [5.41, 5.74) is 2.96. The second-order valence-electron chi connectivity index (χ2n) is 8.44. The molecule has 0 spiro atoms. The van der Waals surface area contributed by atoms with E-state index in [1.165, 1.54) is 0 Å². The minimum absolute atomic E-state index is 0.00868. The van der Waals surface area contributed by atoms with Crippen molar-refractivity contribution >= 4 is 35.0 Å². The first kappa shape index (κ1) is 23.6. The standard InChI is InChI=1S/C26H24ClNO6/c1-15-10-21-20(19-7-3-4-8-22(19)27)11-18(14-29)34-24(21)12-23(15)33-16(2)25(30)28-9-5-6-17(13-28)26(31)32/h3-4,7-8,10-12,16-17H,5-6,9,13H2,1-2H3,(H,31,32)/t16-,17+/m1/s1. The monoisotopic (exact) mass is 481 g/mol. The minimum Gasteiger partial charge on any atom is -0.481 e. The van der Waals surface area contributed by atoms with Gasteiger partial charge in [0.2, 0.25) is 5.76 Å². The van der Waals surface area contributed by atoms with Gasteiger partial charge in [-0.3, -0.25) is 9.59 Å². The minimum atomic E-state index is -0.893. The van der Waals surface area contributed by atoms with E-state index in [1.54, 1.807) is 36.0 Å². The SMILES string of the molecule is Cc1cc2c(cc1O[C@H](C)C(=O)N1CCC[C@H](C(=O)O)C1)OC(=C=O)C=C2c1ccccc1Cl. The maximum atomic E-state index is 12.9. The Bertz CT molecular complexity index is 1230. The molecule has 34 heavy (non-hydrogen) atoms. The molecule has 8 heteroatoms. The number of ether oxygens (including phenoxy) is 2. The van der Waals surface area contributed by atoms with Crippen LogP contribution in [0.3, 0.4) is 0 Å². The molecule has 2 aromatic carbocycles. The highest BCUT2D eigenvalue weighted by Crippen LogP contribution is 2.42. The number of aliphatic carboxylic acids is 1. The van der Waals surface area contributed by atoms with Gasteiger partial charge in [0.05, 0.1) is 5.92 Å². The first-order chi connectivity index (χ1) is 16.3. The quantitative estimate of drug-likeness (QED) is 0.641. The number of hydrogen-bond donors (Lipinski definition) is 1. The second kappa shape index (κ2) is 9.75. The molecule has 1 N–H and O–H groups in total. The Kier molecular flexibility index (Phi) is 6.77. The lowest BCUT2D eigenvalue weighted by atomic mass is 9.93. The van der Waals surface area contributed by atoms with Crippen LogP contribution in [0.1, 0.15) is 36.5 Å². The van der Waals surface area contributed by atoms with Crippen LogP contribution in [0.2, 0.25) is 5.02 Å². The van der Waals surface area contributed by atoms with Crippen molar-refractivity contribution in [2.24, 2.45) is 5.92 Å². The molecule has 0 aliphatic carbocycles. The van der Waals surface area contributed by atoms with Crippen molar-refractivity contribution in [3.63, 3.8) is 0 Å². The summed E-state index contributed by atoms with van der Waals surface area (Å²) in [5.74, 6) is 0.889. The van der Waals surface area contributed by atoms with E-state index in [1.807, 2.05) is 31.2 Å². The fourth-order valence-electron chi connectivity index (χ4n) is 4.28. The smallest absolute Gasteiger partial charge is 0.308 e. The van der Waals surface area contributed by atoms with Gasteiger partial charge in [0.25, 0.3) is 5.91 Å². The zero-order valence-corrected chi connectivity index (χ0v) is 19.6. The Hall–Kier alpha value is -3.54. The fraction of sp³-hybridized carbons (Fsp3) is 0.308. The number of nitrogens with zero attached hydrogens (tertiary/aromatic N) is 1. The highest BCUT2D eigenvalue weighted by Gasteiger charge is 2.31. The van der Waals surface area contributed by atoms with Crippen molar-refractivity contribution < 1.29 is 29.0 Å². The third-order valence-corrected chi connectivity index (χ3v) is 6.39. The van der Waals surface area contributed by atoms with Gasteiger partial charge in [-0.25, -0.2) is 4.79 Å². The van der Waals surface area contributed by atoms with E-state index in [0.29, 0.717) is 35.9 Å². The number of allylic oxidation sites excluding steroid dienone is 1. The predicted octanol–water partition coefficient (Wildman–Crippen LogP) is 4.28. The third kappa shape index (κ3) is 4.72. The Morgan fingerprint density at radius 2 is 2.03 bits per heavy atom. The summed E-state index contributed by atoms with van der Waals surface area (Å²) in [7, 11) is 0. The van der Waals surface area contributed by atoms with Crippen LogP contribution in [-0.4, -0.2) is 47.0 Å². The van der Waals surface area contributed by atoms with Crippen LogP contribution in [0.4, 0.5) is 0 Å². The van der Waals surface area contributed by atoms with Crippen LogP contribution in [0, 0.1) is 12.8 Å². The molecule has 176 valence electrons. The second-order valence-corrected chi connectivity index (χ2v) is 8.85.